The van der Waals surface area contributed by atoms with E-state index in [0.717, 1.165) is 18.8 Å². The molecule has 1 aromatic rings. The molecule has 14 heavy (non-hydrogen) atoms. The number of likely N-dealkylation sites (N-methyl/N-ethyl adjacent to an activating group) is 1. The number of hydrogen-bond acceptors (Lipinski definition) is 2. The van der Waals surface area contributed by atoms with Gasteiger partial charge in [-0.25, -0.2) is 4.98 Å². The molecule has 0 fully saturated rings. The van der Waals surface area contributed by atoms with Crippen molar-refractivity contribution in [2.45, 2.75) is 33.2 Å². The Morgan fingerprint density at radius 1 is 1.50 bits per heavy atom. The van der Waals surface area contributed by atoms with Crippen molar-refractivity contribution in [1.29, 1.82) is 0 Å². The van der Waals surface area contributed by atoms with E-state index in [0.29, 0.717) is 12.0 Å². The van der Waals surface area contributed by atoms with Gasteiger partial charge < -0.3 is 9.88 Å². The highest BCUT2D eigenvalue weighted by Gasteiger charge is 2.14. The van der Waals surface area contributed by atoms with Crippen LogP contribution >= 0.6 is 0 Å². The van der Waals surface area contributed by atoms with Crippen LogP contribution in [0.15, 0.2) is 12.4 Å². The molecule has 1 rings (SSSR count). The van der Waals surface area contributed by atoms with Crippen LogP contribution in [0.25, 0.3) is 0 Å². The van der Waals surface area contributed by atoms with E-state index in [1.165, 1.54) is 0 Å². The molecular formula is C11H21N3. The second-order valence-corrected chi connectivity index (χ2v) is 4.07. The highest BCUT2D eigenvalue weighted by molar-refractivity contribution is 4.95. The first kappa shape index (κ1) is 11.2. The van der Waals surface area contributed by atoms with Crippen molar-refractivity contribution in [3.05, 3.63) is 18.2 Å². The molecule has 0 saturated heterocycles. The Labute approximate surface area is 86.5 Å². The molecule has 0 spiro atoms. The molecule has 1 unspecified atom stereocenters. The number of nitrogens with zero attached hydrogens (tertiary/aromatic N) is 2. The van der Waals surface area contributed by atoms with Crippen molar-refractivity contribution in [2.24, 2.45) is 13.0 Å². The van der Waals surface area contributed by atoms with E-state index in [1.54, 1.807) is 0 Å². The number of aromatic nitrogens is 2. The predicted molar refractivity (Wildman–Crippen MR) is 59.2 cm³/mol. The molecule has 1 heterocycles. The molecule has 0 aromatic carbocycles. The van der Waals surface area contributed by atoms with E-state index in [9.17, 15) is 0 Å². The molecular weight excluding hydrogens is 174 g/mol. The Morgan fingerprint density at radius 2 is 2.21 bits per heavy atom. The van der Waals surface area contributed by atoms with E-state index < -0.39 is 0 Å². The monoisotopic (exact) mass is 195 g/mol. The Balaban J connectivity index is 2.60. The number of imidazole rings is 1. The van der Waals surface area contributed by atoms with E-state index in [4.69, 9.17) is 0 Å². The number of aryl methyl sites for hydroxylation is 1. The quantitative estimate of drug-likeness (QED) is 0.773. The van der Waals surface area contributed by atoms with Crippen LogP contribution in [0, 0.1) is 5.92 Å². The highest BCUT2D eigenvalue weighted by Crippen LogP contribution is 2.08. The van der Waals surface area contributed by atoms with Crippen molar-refractivity contribution in [2.75, 3.05) is 6.54 Å². The van der Waals surface area contributed by atoms with Crippen LogP contribution in [-0.2, 0) is 13.5 Å². The molecule has 0 bridgehead atoms. The topological polar surface area (TPSA) is 29.9 Å². The van der Waals surface area contributed by atoms with Crippen LogP contribution < -0.4 is 5.32 Å². The van der Waals surface area contributed by atoms with Crippen molar-refractivity contribution in [1.82, 2.24) is 14.9 Å². The van der Waals surface area contributed by atoms with Gasteiger partial charge >= 0.3 is 0 Å². The van der Waals surface area contributed by atoms with Gasteiger partial charge in [0, 0.05) is 31.9 Å². The lowest BCUT2D eigenvalue weighted by Crippen LogP contribution is -2.36. The minimum Gasteiger partial charge on any atom is -0.338 e. The summed E-state index contributed by atoms with van der Waals surface area (Å²) >= 11 is 0. The van der Waals surface area contributed by atoms with Gasteiger partial charge in [0.2, 0.25) is 0 Å². The zero-order chi connectivity index (χ0) is 10.6. The van der Waals surface area contributed by atoms with Crippen LogP contribution in [0.5, 0.6) is 0 Å². The van der Waals surface area contributed by atoms with Gasteiger partial charge in [-0.05, 0) is 12.5 Å². The van der Waals surface area contributed by atoms with Gasteiger partial charge in [-0.3, -0.25) is 0 Å². The van der Waals surface area contributed by atoms with Crippen molar-refractivity contribution < 1.29 is 0 Å². The van der Waals surface area contributed by atoms with Crippen LogP contribution in [0.3, 0.4) is 0 Å². The Bertz CT molecular complexity index is 265. The fourth-order valence-electron chi connectivity index (χ4n) is 1.60. The third kappa shape index (κ3) is 2.84. The number of rotatable bonds is 5. The summed E-state index contributed by atoms with van der Waals surface area (Å²) in [7, 11) is 2.05. The molecule has 1 N–H and O–H groups in total. The first-order valence-corrected chi connectivity index (χ1v) is 5.34. The zero-order valence-electron chi connectivity index (χ0n) is 9.62. The average molecular weight is 195 g/mol. The summed E-state index contributed by atoms with van der Waals surface area (Å²) in [5.41, 5.74) is 0. The molecule has 80 valence electrons. The lowest BCUT2D eigenvalue weighted by molar-refractivity contribution is 0.396. The molecule has 0 aliphatic carbocycles. The van der Waals surface area contributed by atoms with E-state index in [2.05, 4.69) is 35.6 Å². The van der Waals surface area contributed by atoms with Gasteiger partial charge in [0.1, 0.15) is 5.82 Å². The molecule has 3 heteroatoms. The minimum atomic E-state index is 0.529. The summed E-state index contributed by atoms with van der Waals surface area (Å²) in [5.74, 6) is 1.80. The van der Waals surface area contributed by atoms with Crippen LogP contribution in [0.2, 0.25) is 0 Å². The van der Waals surface area contributed by atoms with Crippen molar-refractivity contribution in [3.8, 4) is 0 Å². The second kappa shape index (κ2) is 5.15. The molecule has 1 aromatic heterocycles. The minimum absolute atomic E-state index is 0.529. The summed E-state index contributed by atoms with van der Waals surface area (Å²) in [4.78, 5) is 4.34. The van der Waals surface area contributed by atoms with Gasteiger partial charge in [0.15, 0.2) is 0 Å². The van der Waals surface area contributed by atoms with Gasteiger partial charge in [0.25, 0.3) is 0 Å². The largest absolute Gasteiger partial charge is 0.338 e. The molecule has 0 radical (unpaired) electrons. The van der Waals surface area contributed by atoms with E-state index in [1.807, 2.05) is 19.4 Å². The predicted octanol–water partition coefficient (Wildman–Crippen LogP) is 1.60. The molecule has 3 nitrogen and oxygen atoms in total. The van der Waals surface area contributed by atoms with Gasteiger partial charge in [0.05, 0.1) is 0 Å². The second-order valence-electron chi connectivity index (χ2n) is 4.07. The number of hydrogen-bond donors (Lipinski definition) is 1. The molecule has 0 aliphatic rings. The molecule has 1 atom stereocenters. The van der Waals surface area contributed by atoms with Gasteiger partial charge in [-0.2, -0.15) is 0 Å². The third-order valence-electron chi connectivity index (χ3n) is 2.59. The normalized spacial score (nSPS) is 13.5. The maximum Gasteiger partial charge on any atom is 0.109 e. The summed E-state index contributed by atoms with van der Waals surface area (Å²) in [6, 6.07) is 0.529. The molecule has 0 saturated carbocycles. The SMILES string of the molecule is CCNC(Cc1nccn1C)C(C)C. The maximum absolute atomic E-state index is 4.34. The Hall–Kier alpha value is -0.830. The first-order valence-electron chi connectivity index (χ1n) is 5.34. The lowest BCUT2D eigenvalue weighted by Gasteiger charge is -2.21. The number of nitrogens with one attached hydrogen (secondary N) is 1. The summed E-state index contributed by atoms with van der Waals surface area (Å²) in [6.45, 7) is 7.66. The van der Waals surface area contributed by atoms with Crippen LogP contribution in [0.1, 0.15) is 26.6 Å². The van der Waals surface area contributed by atoms with Crippen LogP contribution in [0.4, 0.5) is 0 Å². The van der Waals surface area contributed by atoms with Gasteiger partial charge in [-0.15, -0.1) is 0 Å². The fraction of sp³-hybridized carbons (Fsp3) is 0.727. The molecule has 0 amide bonds. The van der Waals surface area contributed by atoms with Gasteiger partial charge in [-0.1, -0.05) is 20.8 Å². The zero-order valence-corrected chi connectivity index (χ0v) is 9.62. The summed E-state index contributed by atoms with van der Waals surface area (Å²) < 4.78 is 2.09. The highest BCUT2D eigenvalue weighted by atomic mass is 15.0. The smallest absolute Gasteiger partial charge is 0.109 e. The summed E-state index contributed by atoms with van der Waals surface area (Å²) in [5, 5.41) is 3.49. The van der Waals surface area contributed by atoms with Crippen LogP contribution in [-0.4, -0.2) is 22.1 Å². The summed E-state index contributed by atoms with van der Waals surface area (Å²) in [6.07, 6.45) is 4.87. The van der Waals surface area contributed by atoms with Crippen molar-refractivity contribution >= 4 is 0 Å². The molecule has 0 aliphatic heterocycles. The van der Waals surface area contributed by atoms with E-state index in [-0.39, 0.29) is 0 Å². The standard InChI is InChI=1S/C11H21N3/c1-5-12-10(9(2)3)8-11-13-6-7-14(11)4/h6-7,9-10,12H,5,8H2,1-4H3. The van der Waals surface area contributed by atoms with Crippen molar-refractivity contribution in [3.63, 3.8) is 0 Å². The lowest BCUT2D eigenvalue weighted by atomic mass is 10.0. The van der Waals surface area contributed by atoms with E-state index >= 15 is 0 Å². The Kier molecular flexibility index (Phi) is 4.14. The Morgan fingerprint density at radius 3 is 2.64 bits per heavy atom. The first-order chi connectivity index (χ1) is 6.65. The third-order valence-corrected chi connectivity index (χ3v) is 2.59. The average Bonchev–Trinajstić information content (AvgIpc) is 2.51. The maximum atomic E-state index is 4.34. The fourth-order valence-corrected chi connectivity index (χ4v) is 1.60.